The zero-order chi connectivity index (χ0) is 24.1. The van der Waals surface area contributed by atoms with E-state index in [1.807, 2.05) is 0 Å². The highest BCUT2D eigenvalue weighted by Crippen LogP contribution is 2.41. The van der Waals surface area contributed by atoms with Crippen molar-refractivity contribution in [2.75, 3.05) is 13.7 Å². The molecule has 2 aromatic carbocycles. The Labute approximate surface area is 188 Å². The molecule has 33 heavy (non-hydrogen) atoms. The number of carbonyl (C=O) groups is 1. The van der Waals surface area contributed by atoms with Gasteiger partial charge in [-0.25, -0.2) is 4.79 Å². The van der Waals surface area contributed by atoms with Gasteiger partial charge in [-0.1, -0.05) is 12.1 Å². The quantitative estimate of drug-likeness (QED) is 0.140. The summed E-state index contributed by atoms with van der Waals surface area (Å²) in [5.41, 5.74) is 0.702. The first kappa shape index (κ1) is 24.3. The van der Waals surface area contributed by atoms with Crippen LogP contribution in [0.4, 0.5) is 0 Å². The van der Waals surface area contributed by atoms with Gasteiger partial charge >= 0.3 is 5.97 Å². The molecule has 6 N–H and O–H groups in total. The van der Waals surface area contributed by atoms with Crippen LogP contribution in [0.5, 0.6) is 28.7 Å². The molecular formula is C22H24O11. The fourth-order valence-corrected chi connectivity index (χ4v) is 3.04. The third-order valence-electron chi connectivity index (χ3n) is 4.87. The Bertz CT molecular complexity index is 987. The number of phenols is 2. The average molecular weight is 464 g/mol. The fraction of sp³-hybridized carbons (Fsp3) is 0.318. The van der Waals surface area contributed by atoms with E-state index in [1.54, 1.807) is 24.3 Å². The molecule has 178 valence electrons. The van der Waals surface area contributed by atoms with E-state index in [4.69, 9.17) is 18.9 Å². The lowest BCUT2D eigenvalue weighted by Gasteiger charge is -2.39. The molecule has 1 saturated heterocycles. The Morgan fingerprint density at radius 3 is 2.36 bits per heavy atom. The van der Waals surface area contributed by atoms with Gasteiger partial charge in [-0.15, -0.1) is 0 Å². The predicted molar refractivity (Wildman–Crippen MR) is 112 cm³/mol. The van der Waals surface area contributed by atoms with Crippen LogP contribution in [0, 0.1) is 0 Å². The van der Waals surface area contributed by atoms with Crippen LogP contribution in [0.1, 0.15) is 5.56 Å². The van der Waals surface area contributed by atoms with Crippen molar-refractivity contribution in [1.29, 1.82) is 0 Å². The number of aliphatic hydroxyl groups excluding tert-OH is 4. The standard InChI is InChI=1S/C22H24O11/c1-30-12-5-2-11(3-6-12)4-7-17(25)31-13-8-14(24)18(26)15(9-13)32-22-21(29)20(28)19(27)16(10-23)33-22/h2-9,16,19-24,26-29H,10H2,1H3/b7-4+/t16-,19-,20+,21-,22-/m1/s1. The molecular weight excluding hydrogens is 440 g/mol. The summed E-state index contributed by atoms with van der Waals surface area (Å²) >= 11 is 0. The summed E-state index contributed by atoms with van der Waals surface area (Å²) in [6.45, 7) is -0.680. The maximum Gasteiger partial charge on any atom is 0.336 e. The van der Waals surface area contributed by atoms with Crippen molar-refractivity contribution < 1.29 is 54.4 Å². The van der Waals surface area contributed by atoms with Crippen molar-refractivity contribution in [1.82, 2.24) is 0 Å². The molecule has 0 radical (unpaired) electrons. The maximum absolute atomic E-state index is 12.1. The number of aromatic hydroxyl groups is 2. The van der Waals surface area contributed by atoms with E-state index in [0.717, 1.165) is 18.2 Å². The minimum Gasteiger partial charge on any atom is -0.504 e. The molecule has 3 rings (SSSR count). The molecule has 1 fully saturated rings. The minimum atomic E-state index is -1.75. The van der Waals surface area contributed by atoms with Crippen molar-refractivity contribution in [3.05, 3.63) is 48.0 Å². The number of hydrogen-bond acceptors (Lipinski definition) is 11. The van der Waals surface area contributed by atoms with Crippen LogP contribution in [-0.4, -0.2) is 81.0 Å². The van der Waals surface area contributed by atoms with Crippen molar-refractivity contribution >= 4 is 12.0 Å². The molecule has 5 atom stereocenters. The number of aliphatic hydroxyl groups is 4. The van der Waals surface area contributed by atoms with E-state index in [0.29, 0.717) is 11.3 Å². The first-order valence-corrected chi connectivity index (χ1v) is 9.80. The molecule has 2 aromatic rings. The first-order valence-electron chi connectivity index (χ1n) is 9.80. The number of phenolic OH excluding ortho intramolecular Hbond substituents is 2. The molecule has 0 saturated carbocycles. The van der Waals surface area contributed by atoms with Gasteiger partial charge in [-0.3, -0.25) is 0 Å². The normalized spacial score (nSPS) is 25.1. The summed E-state index contributed by atoms with van der Waals surface area (Å²) in [7, 11) is 1.53. The van der Waals surface area contributed by atoms with E-state index >= 15 is 0 Å². The number of rotatable bonds is 7. The molecule has 11 nitrogen and oxygen atoms in total. The summed E-state index contributed by atoms with van der Waals surface area (Å²) in [6.07, 6.45) is -5.28. The van der Waals surface area contributed by atoms with Crippen LogP contribution in [0.3, 0.4) is 0 Å². The highest BCUT2D eigenvalue weighted by Gasteiger charge is 2.45. The Morgan fingerprint density at radius 1 is 1.03 bits per heavy atom. The summed E-state index contributed by atoms with van der Waals surface area (Å²) in [6, 6.07) is 8.89. The Balaban J connectivity index is 1.72. The monoisotopic (exact) mass is 464 g/mol. The average Bonchev–Trinajstić information content (AvgIpc) is 2.81. The second-order valence-corrected chi connectivity index (χ2v) is 7.13. The van der Waals surface area contributed by atoms with Gasteiger partial charge in [0.1, 0.15) is 35.9 Å². The fourth-order valence-electron chi connectivity index (χ4n) is 3.04. The van der Waals surface area contributed by atoms with Crippen molar-refractivity contribution in [2.24, 2.45) is 0 Å². The number of esters is 1. The lowest BCUT2D eigenvalue weighted by atomic mass is 9.99. The summed E-state index contributed by atoms with van der Waals surface area (Å²) in [5, 5.41) is 59.1. The molecule has 0 amide bonds. The Hall–Kier alpha value is -3.35. The molecule has 0 aliphatic carbocycles. The smallest absolute Gasteiger partial charge is 0.336 e. The van der Waals surface area contributed by atoms with E-state index in [2.05, 4.69) is 0 Å². The predicted octanol–water partition coefficient (Wildman–Crippen LogP) is -0.0961. The number of ether oxygens (including phenoxy) is 4. The highest BCUT2D eigenvalue weighted by molar-refractivity contribution is 5.88. The van der Waals surface area contributed by atoms with Gasteiger partial charge in [0.2, 0.25) is 12.0 Å². The van der Waals surface area contributed by atoms with E-state index in [-0.39, 0.29) is 5.75 Å². The van der Waals surface area contributed by atoms with Crippen LogP contribution < -0.4 is 14.2 Å². The summed E-state index contributed by atoms with van der Waals surface area (Å²) < 4.78 is 20.7. The van der Waals surface area contributed by atoms with Crippen molar-refractivity contribution in [3.63, 3.8) is 0 Å². The summed E-state index contributed by atoms with van der Waals surface area (Å²) in [4.78, 5) is 12.1. The largest absolute Gasteiger partial charge is 0.504 e. The van der Waals surface area contributed by atoms with Crippen molar-refractivity contribution in [2.45, 2.75) is 30.7 Å². The van der Waals surface area contributed by atoms with Gasteiger partial charge in [0.25, 0.3) is 0 Å². The van der Waals surface area contributed by atoms with Gasteiger partial charge in [0, 0.05) is 18.2 Å². The topological polar surface area (TPSA) is 175 Å². The zero-order valence-corrected chi connectivity index (χ0v) is 17.4. The Kier molecular flexibility index (Phi) is 7.74. The Morgan fingerprint density at radius 2 is 1.73 bits per heavy atom. The number of hydrogen-bond donors (Lipinski definition) is 6. The van der Waals surface area contributed by atoms with Gasteiger partial charge in [-0.05, 0) is 23.8 Å². The molecule has 0 bridgehead atoms. The van der Waals surface area contributed by atoms with Crippen LogP contribution in [0.25, 0.3) is 6.08 Å². The molecule has 0 aromatic heterocycles. The van der Waals surface area contributed by atoms with E-state index in [9.17, 15) is 35.4 Å². The highest BCUT2D eigenvalue weighted by atomic mass is 16.7. The van der Waals surface area contributed by atoms with Crippen LogP contribution in [0.2, 0.25) is 0 Å². The third kappa shape index (κ3) is 5.72. The van der Waals surface area contributed by atoms with Gasteiger partial charge in [-0.2, -0.15) is 0 Å². The second kappa shape index (κ2) is 10.5. The molecule has 1 heterocycles. The lowest BCUT2D eigenvalue weighted by Crippen LogP contribution is -2.60. The van der Waals surface area contributed by atoms with Crippen LogP contribution >= 0.6 is 0 Å². The maximum atomic E-state index is 12.1. The van der Waals surface area contributed by atoms with Gasteiger partial charge in [0.05, 0.1) is 13.7 Å². The van der Waals surface area contributed by atoms with Crippen LogP contribution in [-0.2, 0) is 9.53 Å². The third-order valence-corrected chi connectivity index (χ3v) is 4.87. The molecule has 11 heteroatoms. The number of methoxy groups -OCH3 is 1. The zero-order valence-electron chi connectivity index (χ0n) is 17.4. The van der Waals surface area contributed by atoms with Gasteiger partial charge in [0.15, 0.2) is 11.5 Å². The van der Waals surface area contributed by atoms with Crippen molar-refractivity contribution in [3.8, 4) is 28.7 Å². The van der Waals surface area contributed by atoms with Crippen LogP contribution in [0.15, 0.2) is 42.5 Å². The molecule has 1 aliphatic rings. The van der Waals surface area contributed by atoms with Gasteiger partial charge < -0.3 is 49.6 Å². The van der Waals surface area contributed by atoms with E-state index < -0.39 is 60.5 Å². The SMILES string of the molecule is COc1ccc(/C=C/C(=O)Oc2cc(O)c(O)c(O[C@@H]3O[C@H](CO)[C@@H](O)[C@H](O)[C@H]3O)c2)cc1. The second-order valence-electron chi connectivity index (χ2n) is 7.13. The minimum absolute atomic E-state index is 0.200. The molecule has 1 aliphatic heterocycles. The molecule has 0 unspecified atom stereocenters. The molecule has 0 spiro atoms. The summed E-state index contributed by atoms with van der Waals surface area (Å²) in [5.74, 6) is -2.23. The first-order chi connectivity index (χ1) is 15.7. The lowest BCUT2D eigenvalue weighted by molar-refractivity contribution is -0.277. The number of benzene rings is 2. The van der Waals surface area contributed by atoms with E-state index in [1.165, 1.54) is 13.2 Å². The number of carbonyl (C=O) groups excluding carboxylic acids is 1.